The monoisotopic (exact) mass is 444 g/mol. The van der Waals surface area contributed by atoms with Crippen LogP contribution in [0.1, 0.15) is 15.9 Å². The molecule has 1 fully saturated rings. The van der Waals surface area contributed by atoms with Crippen LogP contribution in [-0.4, -0.2) is 30.0 Å². The summed E-state index contributed by atoms with van der Waals surface area (Å²) >= 11 is 8.52. The van der Waals surface area contributed by atoms with Crippen LogP contribution in [0.3, 0.4) is 0 Å². The SMILES string of the molecule is COC(=O)c1ccc(/C=C2\C(=O)NC(=S)N(c3cccc(Br)c3)C2=O)cc1. The van der Waals surface area contributed by atoms with E-state index in [-0.39, 0.29) is 10.7 Å². The highest BCUT2D eigenvalue weighted by molar-refractivity contribution is 9.10. The quantitative estimate of drug-likeness (QED) is 0.340. The summed E-state index contributed by atoms with van der Waals surface area (Å²) in [6, 6.07) is 13.4. The number of amides is 2. The standard InChI is InChI=1S/C19H13BrN2O4S/c1-26-18(25)12-7-5-11(6-8-12)9-15-16(23)21-19(27)22(17(15)24)14-4-2-3-13(20)10-14/h2-10H,1H3,(H,21,23,27)/b15-9+. The van der Waals surface area contributed by atoms with Gasteiger partial charge >= 0.3 is 5.97 Å². The normalized spacial score (nSPS) is 15.7. The van der Waals surface area contributed by atoms with Gasteiger partial charge in [0, 0.05) is 4.47 Å². The number of thiocarbonyl (C=S) groups is 1. The molecule has 8 heteroatoms. The van der Waals surface area contributed by atoms with E-state index >= 15 is 0 Å². The Bertz CT molecular complexity index is 985. The van der Waals surface area contributed by atoms with Crippen LogP contribution in [0.15, 0.2) is 58.6 Å². The van der Waals surface area contributed by atoms with E-state index in [1.165, 1.54) is 18.1 Å². The van der Waals surface area contributed by atoms with Crippen LogP contribution in [-0.2, 0) is 14.3 Å². The molecule has 1 heterocycles. The third-order valence-corrected chi connectivity index (χ3v) is 4.59. The summed E-state index contributed by atoms with van der Waals surface area (Å²) in [5.41, 5.74) is 1.43. The van der Waals surface area contributed by atoms with E-state index in [2.05, 4.69) is 26.0 Å². The van der Waals surface area contributed by atoms with Gasteiger partial charge in [-0.2, -0.15) is 0 Å². The Labute approximate surface area is 168 Å². The molecule has 0 radical (unpaired) electrons. The molecule has 136 valence electrons. The molecule has 0 saturated carbocycles. The van der Waals surface area contributed by atoms with Crippen molar-refractivity contribution in [3.63, 3.8) is 0 Å². The van der Waals surface area contributed by atoms with Crippen molar-refractivity contribution in [3.8, 4) is 0 Å². The number of nitrogens with zero attached hydrogens (tertiary/aromatic N) is 1. The van der Waals surface area contributed by atoms with Gasteiger partial charge in [-0.25, -0.2) is 4.79 Å². The van der Waals surface area contributed by atoms with Gasteiger partial charge in [0.2, 0.25) is 0 Å². The summed E-state index contributed by atoms with van der Waals surface area (Å²) in [6.07, 6.45) is 1.45. The number of methoxy groups -OCH3 is 1. The number of benzene rings is 2. The maximum atomic E-state index is 12.9. The molecule has 0 bridgehead atoms. The zero-order valence-electron chi connectivity index (χ0n) is 14.1. The molecular formula is C19H13BrN2O4S. The van der Waals surface area contributed by atoms with Crippen molar-refractivity contribution >= 4 is 62.8 Å². The molecule has 3 rings (SSSR count). The van der Waals surface area contributed by atoms with Gasteiger partial charge in [0.05, 0.1) is 18.4 Å². The molecule has 0 atom stereocenters. The van der Waals surface area contributed by atoms with E-state index in [0.717, 1.165) is 4.47 Å². The topological polar surface area (TPSA) is 75.7 Å². The lowest BCUT2D eigenvalue weighted by Gasteiger charge is -2.29. The highest BCUT2D eigenvalue weighted by atomic mass is 79.9. The largest absolute Gasteiger partial charge is 0.465 e. The molecule has 1 aliphatic rings. The van der Waals surface area contributed by atoms with Gasteiger partial charge in [-0.05, 0) is 54.2 Å². The van der Waals surface area contributed by atoms with Gasteiger partial charge in [-0.15, -0.1) is 0 Å². The third-order valence-electron chi connectivity index (χ3n) is 3.81. The first-order valence-electron chi connectivity index (χ1n) is 7.76. The van der Waals surface area contributed by atoms with E-state index in [4.69, 9.17) is 12.2 Å². The number of nitrogens with one attached hydrogen (secondary N) is 1. The zero-order chi connectivity index (χ0) is 19.6. The van der Waals surface area contributed by atoms with Crippen LogP contribution in [0.4, 0.5) is 5.69 Å². The number of carbonyl (C=O) groups excluding carboxylic acids is 3. The maximum absolute atomic E-state index is 12.9. The molecule has 2 aromatic carbocycles. The lowest BCUT2D eigenvalue weighted by Crippen LogP contribution is -2.54. The Kier molecular flexibility index (Phi) is 5.48. The van der Waals surface area contributed by atoms with Crippen molar-refractivity contribution in [1.82, 2.24) is 5.32 Å². The highest BCUT2D eigenvalue weighted by Crippen LogP contribution is 2.25. The molecule has 6 nitrogen and oxygen atoms in total. The van der Waals surface area contributed by atoms with Crippen LogP contribution in [0, 0.1) is 0 Å². The van der Waals surface area contributed by atoms with E-state index < -0.39 is 17.8 Å². The summed E-state index contributed by atoms with van der Waals surface area (Å²) in [6.45, 7) is 0. The average Bonchev–Trinajstić information content (AvgIpc) is 2.65. The fourth-order valence-corrected chi connectivity index (χ4v) is 3.18. The summed E-state index contributed by atoms with van der Waals surface area (Å²) in [7, 11) is 1.29. The number of halogens is 1. The minimum atomic E-state index is -0.576. The number of hydrogen-bond acceptors (Lipinski definition) is 5. The van der Waals surface area contributed by atoms with E-state index in [9.17, 15) is 14.4 Å². The molecule has 0 unspecified atom stereocenters. The predicted octanol–water partition coefficient (Wildman–Crippen LogP) is 3.07. The first-order valence-corrected chi connectivity index (χ1v) is 8.96. The molecule has 0 aromatic heterocycles. The fraction of sp³-hybridized carbons (Fsp3) is 0.0526. The molecule has 0 spiro atoms. The smallest absolute Gasteiger partial charge is 0.337 e. The van der Waals surface area contributed by atoms with Crippen LogP contribution in [0.25, 0.3) is 6.08 Å². The second kappa shape index (κ2) is 7.81. The number of carbonyl (C=O) groups is 3. The number of esters is 1. The second-order valence-corrected chi connectivity index (χ2v) is 6.85. The summed E-state index contributed by atoms with van der Waals surface area (Å²) in [5, 5.41) is 2.54. The number of anilines is 1. The van der Waals surface area contributed by atoms with Crippen molar-refractivity contribution in [2.24, 2.45) is 0 Å². The lowest BCUT2D eigenvalue weighted by molar-refractivity contribution is -0.122. The Morgan fingerprint density at radius 2 is 1.89 bits per heavy atom. The van der Waals surface area contributed by atoms with E-state index in [0.29, 0.717) is 16.8 Å². The zero-order valence-corrected chi connectivity index (χ0v) is 16.5. The Hall–Kier alpha value is -2.84. The van der Waals surface area contributed by atoms with Crippen molar-refractivity contribution in [2.75, 3.05) is 12.0 Å². The average molecular weight is 445 g/mol. The van der Waals surface area contributed by atoms with Gasteiger partial charge in [0.1, 0.15) is 5.57 Å². The molecular weight excluding hydrogens is 432 g/mol. The van der Waals surface area contributed by atoms with E-state index in [1.54, 1.807) is 42.5 Å². The van der Waals surface area contributed by atoms with Gasteiger partial charge in [-0.3, -0.25) is 19.8 Å². The Morgan fingerprint density at radius 3 is 2.52 bits per heavy atom. The molecule has 1 saturated heterocycles. The molecule has 0 aliphatic carbocycles. The van der Waals surface area contributed by atoms with E-state index in [1.807, 2.05) is 6.07 Å². The third kappa shape index (κ3) is 3.96. The Balaban J connectivity index is 1.95. The number of hydrogen-bond donors (Lipinski definition) is 1. The minimum absolute atomic E-state index is 0.0151. The van der Waals surface area contributed by atoms with Crippen molar-refractivity contribution in [3.05, 3.63) is 69.7 Å². The Morgan fingerprint density at radius 1 is 1.19 bits per heavy atom. The van der Waals surface area contributed by atoms with Crippen molar-refractivity contribution in [1.29, 1.82) is 0 Å². The van der Waals surface area contributed by atoms with Crippen molar-refractivity contribution < 1.29 is 19.1 Å². The molecule has 1 aliphatic heterocycles. The van der Waals surface area contributed by atoms with Crippen LogP contribution in [0.5, 0.6) is 0 Å². The van der Waals surface area contributed by atoms with Crippen LogP contribution >= 0.6 is 28.1 Å². The van der Waals surface area contributed by atoms with Crippen LogP contribution < -0.4 is 10.2 Å². The van der Waals surface area contributed by atoms with Crippen LogP contribution in [0.2, 0.25) is 0 Å². The fourth-order valence-electron chi connectivity index (χ4n) is 2.51. The summed E-state index contributed by atoms with van der Waals surface area (Å²) < 4.78 is 5.42. The molecule has 1 N–H and O–H groups in total. The number of ether oxygens (including phenoxy) is 1. The van der Waals surface area contributed by atoms with Gasteiger partial charge in [-0.1, -0.05) is 34.1 Å². The minimum Gasteiger partial charge on any atom is -0.465 e. The first-order chi connectivity index (χ1) is 12.9. The maximum Gasteiger partial charge on any atom is 0.337 e. The number of rotatable bonds is 3. The molecule has 27 heavy (non-hydrogen) atoms. The first kappa shape index (κ1) is 18.9. The molecule has 2 aromatic rings. The second-order valence-electron chi connectivity index (χ2n) is 5.55. The highest BCUT2D eigenvalue weighted by Gasteiger charge is 2.34. The summed E-state index contributed by atoms with van der Waals surface area (Å²) in [5.74, 6) is -1.57. The van der Waals surface area contributed by atoms with Gasteiger partial charge in [0.15, 0.2) is 5.11 Å². The van der Waals surface area contributed by atoms with Crippen molar-refractivity contribution in [2.45, 2.75) is 0 Å². The molecule has 2 amide bonds. The van der Waals surface area contributed by atoms with Gasteiger partial charge < -0.3 is 4.74 Å². The lowest BCUT2D eigenvalue weighted by atomic mass is 10.1. The summed E-state index contributed by atoms with van der Waals surface area (Å²) in [4.78, 5) is 38.0. The van der Waals surface area contributed by atoms with Gasteiger partial charge in [0.25, 0.3) is 11.8 Å². The predicted molar refractivity (Wildman–Crippen MR) is 108 cm³/mol.